The summed E-state index contributed by atoms with van der Waals surface area (Å²) in [7, 11) is 0. The van der Waals surface area contributed by atoms with Gasteiger partial charge in [-0.05, 0) is 28.1 Å². The summed E-state index contributed by atoms with van der Waals surface area (Å²) in [5.74, 6) is 0.0994. The van der Waals surface area contributed by atoms with Crippen LogP contribution in [0.25, 0.3) is 0 Å². The molecular weight excluding hydrogens is 255 g/mol. The van der Waals surface area contributed by atoms with E-state index in [1.54, 1.807) is 12.1 Å². The zero-order valence-corrected chi connectivity index (χ0v) is 9.14. The Morgan fingerprint density at radius 1 is 1.54 bits per heavy atom. The van der Waals surface area contributed by atoms with Gasteiger partial charge in [0.15, 0.2) is 0 Å². The van der Waals surface area contributed by atoms with E-state index in [4.69, 9.17) is 23.1 Å². The molecule has 0 amide bonds. The fourth-order valence-electron chi connectivity index (χ4n) is 0.996. The normalized spacial score (nSPS) is 12.9. The van der Waals surface area contributed by atoms with Crippen LogP contribution >= 0.6 is 27.5 Å². The van der Waals surface area contributed by atoms with E-state index < -0.39 is 6.04 Å². The maximum absolute atomic E-state index is 9.58. The SMILES string of the molecule is NC[C@@H](N)c1cc(Cl)cc(Br)c1O. The van der Waals surface area contributed by atoms with Gasteiger partial charge in [0.25, 0.3) is 0 Å². The number of hydrogen-bond donors (Lipinski definition) is 3. The van der Waals surface area contributed by atoms with Crippen molar-refractivity contribution >= 4 is 27.5 Å². The van der Waals surface area contributed by atoms with Gasteiger partial charge in [0.05, 0.1) is 4.47 Å². The highest BCUT2D eigenvalue weighted by molar-refractivity contribution is 9.10. The smallest absolute Gasteiger partial charge is 0.134 e. The monoisotopic (exact) mass is 264 g/mol. The first-order valence-electron chi connectivity index (χ1n) is 3.69. The molecule has 1 atom stereocenters. The largest absolute Gasteiger partial charge is 0.506 e. The second-order valence-corrected chi connectivity index (χ2v) is 3.96. The van der Waals surface area contributed by atoms with Crippen LogP contribution in [0.4, 0.5) is 0 Å². The Hall–Kier alpha value is -0.290. The Morgan fingerprint density at radius 2 is 2.15 bits per heavy atom. The molecule has 13 heavy (non-hydrogen) atoms. The van der Waals surface area contributed by atoms with Gasteiger partial charge in [-0.2, -0.15) is 0 Å². The van der Waals surface area contributed by atoms with Crippen molar-refractivity contribution in [2.24, 2.45) is 11.5 Å². The predicted molar refractivity (Wildman–Crippen MR) is 56.8 cm³/mol. The van der Waals surface area contributed by atoms with Gasteiger partial charge in [0, 0.05) is 23.2 Å². The average molecular weight is 266 g/mol. The average Bonchev–Trinajstić information content (AvgIpc) is 2.10. The molecule has 5 N–H and O–H groups in total. The van der Waals surface area contributed by atoms with Crippen LogP contribution < -0.4 is 11.5 Å². The fraction of sp³-hybridized carbons (Fsp3) is 0.250. The van der Waals surface area contributed by atoms with Crippen LogP contribution in [0.3, 0.4) is 0 Å². The van der Waals surface area contributed by atoms with Gasteiger partial charge < -0.3 is 16.6 Å². The Morgan fingerprint density at radius 3 is 2.69 bits per heavy atom. The second kappa shape index (κ2) is 4.28. The molecule has 0 bridgehead atoms. The molecule has 0 fully saturated rings. The first-order chi connectivity index (χ1) is 6.06. The third-order valence-corrected chi connectivity index (χ3v) is 2.53. The number of benzene rings is 1. The van der Waals surface area contributed by atoms with E-state index in [0.717, 1.165) is 0 Å². The van der Waals surface area contributed by atoms with Gasteiger partial charge in [-0.15, -0.1) is 0 Å². The lowest BCUT2D eigenvalue weighted by atomic mass is 10.1. The van der Waals surface area contributed by atoms with E-state index in [1.807, 2.05) is 0 Å². The maximum Gasteiger partial charge on any atom is 0.134 e. The predicted octanol–water partition coefficient (Wildman–Crippen LogP) is 1.77. The lowest BCUT2D eigenvalue weighted by Gasteiger charge is -2.12. The minimum absolute atomic E-state index is 0.0994. The summed E-state index contributed by atoms with van der Waals surface area (Å²) in [4.78, 5) is 0. The van der Waals surface area contributed by atoms with Crippen molar-refractivity contribution < 1.29 is 5.11 Å². The second-order valence-electron chi connectivity index (χ2n) is 2.67. The number of nitrogens with two attached hydrogens (primary N) is 2. The van der Waals surface area contributed by atoms with E-state index >= 15 is 0 Å². The molecule has 0 aliphatic rings. The molecule has 0 heterocycles. The Balaban J connectivity index is 3.20. The zero-order chi connectivity index (χ0) is 10.0. The van der Waals surface area contributed by atoms with E-state index in [-0.39, 0.29) is 12.3 Å². The summed E-state index contributed by atoms with van der Waals surface area (Å²) in [6.45, 7) is 0.264. The van der Waals surface area contributed by atoms with Gasteiger partial charge in [-0.3, -0.25) is 0 Å². The number of hydrogen-bond acceptors (Lipinski definition) is 3. The minimum atomic E-state index is -0.394. The van der Waals surface area contributed by atoms with Gasteiger partial charge in [0.2, 0.25) is 0 Å². The lowest BCUT2D eigenvalue weighted by molar-refractivity contribution is 0.458. The highest BCUT2D eigenvalue weighted by Gasteiger charge is 2.12. The van der Waals surface area contributed by atoms with Crippen LogP contribution in [0.15, 0.2) is 16.6 Å². The number of halogens is 2. The van der Waals surface area contributed by atoms with Gasteiger partial charge in [-0.25, -0.2) is 0 Å². The van der Waals surface area contributed by atoms with Crippen LogP contribution in [0.2, 0.25) is 5.02 Å². The molecule has 0 aliphatic carbocycles. The molecule has 0 saturated heterocycles. The van der Waals surface area contributed by atoms with Crippen molar-refractivity contribution in [1.82, 2.24) is 0 Å². The number of phenols is 1. The molecule has 0 spiro atoms. The van der Waals surface area contributed by atoms with Crippen molar-refractivity contribution in [3.05, 3.63) is 27.2 Å². The topological polar surface area (TPSA) is 72.3 Å². The third kappa shape index (κ3) is 2.34. The highest BCUT2D eigenvalue weighted by atomic mass is 79.9. The summed E-state index contributed by atoms with van der Waals surface area (Å²) < 4.78 is 0.527. The highest BCUT2D eigenvalue weighted by Crippen LogP contribution is 2.33. The van der Waals surface area contributed by atoms with Gasteiger partial charge in [0.1, 0.15) is 5.75 Å². The Bertz CT molecular complexity index is 319. The Labute approximate surface area is 89.8 Å². The van der Waals surface area contributed by atoms with Crippen molar-refractivity contribution in [1.29, 1.82) is 0 Å². The van der Waals surface area contributed by atoms with Crippen LogP contribution in [0, 0.1) is 0 Å². The number of phenolic OH excluding ortho intramolecular Hbond substituents is 1. The van der Waals surface area contributed by atoms with Crippen LogP contribution in [0.1, 0.15) is 11.6 Å². The first kappa shape index (κ1) is 10.8. The molecule has 0 radical (unpaired) electrons. The van der Waals surface area contributed by atoms with Crippen LogP contribution in [-0.4, -0.2) is 11.7 Å². The molecule has 1 aromatic rings. The van der Waals surface area contributed by atoms with Crippen LogP contribution in [0.5, 0.6) is 5.75 Å². The summed E-state index contributed by atoms with van der Waals surface area (Å²) >= 11 is 8.95. The third-order valence-electron chi connectivity index (χ3n) is 1.71. The lowest BCUT2D eigenvalue weighted by Crippen LogP contribution is -2.20. The summed E-state index contributed by atoms with van der Waals surface area (Å²) in [5.41, 5.74) is 11.6. The minimum Gasteiger partial charge on any atom is -0.506 e. The fourth-order valence-corrected chi connectivity index (χ4v) is 1.83. The zero-order valence-electron chi connectivity index (χ0n) is 6.80. The van der Waals surface area contributed by atoms with E-state index in [1.165, 1.54) is 0 Å². The standard InChI is InChI=1S/C8H10BrClN2O/c9-6-2-4(10)1-5(8(6)13)7(12)3-11/h1-2,7,13H,3,11-12H2/t7-/m1/s1. The molecular formula is C8H10BrClN2O. The van der Waals surface area contributed by atoms with Crippen molar-refractivity contribution in [2.75, 3.05) is 6.54 Å². The number of aromatic hydroxyl groups is 1. The van der Waals surface area contributed by atoms with E-state index in [0.29, 0.717) is 15.1 Å². The number of rotatable bonds is 2. The molecule has 3 nitrogen and oxygen atoms in total. The van der Waals surface area contributed by atoms with E-state index in [9.17, 15) is 5.11 Å². The summed E-state index contributed by atoms with van der Waals surface area (Å²) in [5, 5.41) is 10.1. The van der Waals surface area contributed by atoms with Crippen molar-refractivity contribution in [3.8, 4) is 5.75 Å². The van der Waals surface area contributed by atoms with Gasteiger partial charge >= 0.3 is 0 Å². The molecule has 0 unspecified atom stereocenters. The maximum atomic E-state index is 9.58. The molecule has 1 rings (SSSR count). The van der Waals surface area contributed by atoms with Crippen molar-refractivity contribution in [3.63, 3.8) is 0 Å². The van der Waals surface area contributed by atoms with Crippen molar-refractivity contribution in [2.45, 2.75) is 6.04 Å². The Kier molecular flexibility index (Phi) is 3.55. The summed E-state index contributed by atoms with van der Waals surface area (Å²) in [6.07, 6.45) is 0. The summed E-state index contributed by atoms with van der Waals surface area (Å²) in [6, 6.07) is 2.82. The van der Waals surface area contributed by atoms with E-state index in [2.05, 4.69) is 15.9 Å². The molecule has 0 aliphatic heterocycles. The van der Waals surface area contributed by atoms with Gasteiger partial charge in [-0.1, -0.05) is 11.6 Å². The molecule has 72 valence electrons. The molecule has 1 aromatic carbocycles. The molecule has 0 aromatic heterocycles. The quantitative estimate of drug-likeness (QED) is 0.763. The first-order valence-corrected chi connectivity index (χ1v) is 4.87. The van der Waals surface area contributed by atoms with Crippen LogP contribution in [-0.2, 0) is 0 Å². The molecule has 5 heteroatoms. The molecule has 0 saturated carbocycles.